The molecular weight excluding hydrogens is 136 g/mol. The van der Waals surface area contributed by atoms with Gasteiger partial charge in [0.05, 0.1) is 0 Å². The minimum atomic E-state index is -1.58. The number of rotatable bonds is 0. The van der Waals surface area contributed by atoms with E-state index in [-0.39, 0.29) is 6.42 Å². The van der Waals surface area contributed by atoms with E-state index in [0.717, 1.165) is 0 Å². The Morgan fingerprint density at radius 3 is 1.90 bits per heavy atom. The van der Waals surface area contributed by atoms with E-state index in [4.69, 9.17) is 11.5 Å². The molecule has 0 radical (unpaired) electrons. The summed E-state index contributed by atoms with van der Waals surface area (Å²) in [7, 11) is 0. The van der Waals surface area contributed by atoms with Crippen LogP contribution in [0.15, 0.2) is 0 Å². The minimum Gasteiger partial charge on any atom is -0.308 e. The highest BCUT2D eigenvalue weighted by atomic mass is 16.2. The topological polar surface area (TPSA) is 110 Å². The highest BCUT2D eigenvalue weighted by Crippen LogP contribution is 1.92. The van der Waals surface area contributed by atoms with Crippen LogP contribution in [0.4, 0.5) is 0 Å². The Labute approximate surface area is 56.9 Å². The molecule has 0 aliphatic carbocycles. The largest absolute Gasteiger partial charge is 0.308 e. The third kappa shape index (κ3) is 1.42. The summed E-state index contributed by atoms with van der Waals surface area (Å²) in [6.45, 7) is 0. The summed E-state index contributed by atoms with van der Waals surface area (Å²) in [4.78, 5) is 21.1. The van der Waals surface area contributed by atoms with Crippen LogP contribution in [0.5, 0.6) is 0 Å². The maximum atomic E-state index is 10.6. The van der Waals surface area contributed by atoms with Gasteiger partial charge in [-0.05, 0) is 0 Å². The van der Waals surface area contributed by atoms with Crippen molar-refractivity contribution in [3.8, 4) is 0 Å². The van der Waals surface area contributed by atoms with E-state index >= 15 is 0 Å². The molecule has 1 aliphatic rings. The quantitative estimate of drug-likeness (QED) is 0.216. The summed E-state index contributed by atoms with van der Waals surface area (Å²) in [6, 6.07) is 0. The molecule has 0 bridgehead atoms. The maximum absolute atomic E-state index is 10.6. The lowest BCUT2D eigenvalue weighted by Crippen LogP contribution is -2.76. The maximum Gasteiger partial charge on any atom is 0.233 e. The first-order valence-corrected chi connectivity index (χ1v) is 2.69. The summed E-state index contributed by atoms with van der Waals surface area (Å²) in [6.07, 6.45) is -0.212. The van der Waals surface area contributed by atoms with E-state index in [2.05, 4.69) is 10.6 Å². The van der Waals surface area contributed by atoms with Crippen LogP contribution < -0.4 is 22.1 Å². The Balaban J connectivity index is 2.68. The molecule has 10 heavy (non-hydrogen) atoms. The van der Waals surface area contributed by atoms with Crippen molar-refractivity contribution in [1.82, 2.24) is 10.6 Å². The van der Waals surface area contributed by atoms with Gasteiger partial charge in [0.25, 0.3) is 0 Å². The summed E-state index contributed by atoms with van der Waals surface area (Å²) in [5.41, 5.74) is 10.3. The zero-order valence-corrected chi connectivity index (χ0v) is 5.18. The molecule has 6 nitrogen and oxygen atoms in total. The predicted molar refractivity (Wildman–Crippen MR) is 32.0 cm³/mol. The van der Waals surface area contributed by atoms with Crippen LogP contribution in [-0.2, 0) is 9.59 Å². The van der Waals surface area contributed by atoms with Gasteiger partial charge in [-0.3, -0.25) is 21.1 Å². The van der Waals surface area contributed by atoms with Gasteiger partial charge in [-0.15, -0.1) is 0 Å². The van der Waals surface area contributed by atoms with Crippen LogP contribution in [0.25, 0.3) is 0 Å². The lowest BCUT2D eigenvalue weighted by atomic mass is 10.3. The monoisotopic (exact) mass is 144 g/mol. The Hall–Kier alpha value is -1.14. The molecule has 1 aliphatic heterocycles. The molecule has 1 heterocycles. The molecular formula is C4H8N4O2. The molecule has 6 N–H and O–H groups in total. The first kappa shape index (κ1) is 6.97. The molecule has 0 aromatic carbocycles. The van der Waals surface area contributed by atoms with Gasteiger partial charge >= 0.3 is 0 Å². The average Bonchev–Trinajstić information content (AvgIpc) is 1.54. The normalized spacial score (nSPS) is 23.4. The molecule has 2 amide bonds. The van der Waals surface area contributed by atoms with Crippen LogP contribution in [0.3, 0.4) is 0 Å². The predicted octanol–water partition coefficient (Wildman–Crippen LogP) is -2.85. The Kier molecular flexibility index (Phi) is 1.34. The minimum absolute atomic E-state index is 0.212. The van der Waals surface area contributed by atoms with Crippen molar-refractivity contribution in [2.45, 2.75) is 12.3 Å². The Bertz CT molecular complexity index is 170. The fourth-order valence-electron chi connectivity index (χ4n) is 0.727. The van der Waals surface area contributed by atoms with Gasteiger partial charge in [0.15, 0.2) is 0 Å². The second kappa shape index (κ2) is 1.93. The second-order valence-electron chi connectivity index (χ2n) is 2.14. The zero-order valence-electron chi connectivity index (χ0n) is 5.18. The molecule has 0 atom stereocenters. The third-order valence-corrected chi connectivity index (χ3v) is 1.01. The van der Waals surface area contributed by atoms with Gasteiger partial charge in [-0.1, -0.05) is 0 Å². The van der Waals surface area contributed by atoms with Crippen molar-refractivity contribution >= 4 is 11.8 Å². The standard InChI is InChI=1S/C4H8N4O2/c5-4(6)7-2(9)1-3(10)8-4/h1,5-6H2,(H,7,9)(H,8,10). The van der Waals surface area contributed by atoms with Crippen LogP contribution in [-0.4, -0.2) is 17.7 Å². The van der Waals surface area contributed by atoms with Crippen molar-refractivity contribution < 1.29 is 9.59 Å². The van der Waals surface area contributed by atoms with Gasteiger partial charge in [0.2, 0.25) is 17.7 Å². The van der Waals surface area contributed by atoms with E-state index in [1.807, 2.05) is 0 Å². The van der Waals surface area contributed by atoms with Crippen molar-refractivity contribution in [2.24, 2.45) is 11.5 Å². The van der Waals surface area contributed by atoms with Gasteiger partial charge in [0.1, 0.15) is 6.42 Å². The first-order valence-electron chi connectivity index (χ1n) is 2.69. The van der Waals surface area contributed by atoms with E-state index in [1.165, 1.54) is 0 Å². The lowest BCUT2D eigenvalue weighted by Gasteiger charge is -2.30. The SMILES string of the molecule is NC1(N)NC(=O)CC(=O)N1. The third-order valence-electron chi connectivity index (χ3n) is 1.01. The smallest absolute Gasteiger partial charge is 0.233 e. The van der Waals surface area contributed by atoms with E-state index in [9.17, 15) is 9.59 Å². The lowest BCUT2D eigenvalue weighted by molar-refractivity contribution is -0.136. The van der Waals surface area contributed by atoms with Crippen molar-refractivity contribution in [3.63, 3.8) is 0 Å². The Morgan fingerprint density at radius 1 is 1.20 bits per heavy atom. The zero-order chi connectivity index (χ0) is 7.78. The van der Waals surface area contributed by atoms with E-state index < -0.39 is 17.7 Å². The van der Waals surface area contributed by atoms with E-state index in [0.29, 0.717) is 0 Å². The molecule has 0 aromatic rings. The van der Waals surface area contributed by atoms with Crippen LogP contribution in [0.1, 0.15) is 6.42 Å². The summed E-state index contributed by atoms with van der Waals surface area (Å²) in [5.74, 6) is -2.51. The molecule has 0 saturated carbocycles. The molecule has 1 rings (SSSR count). The van der Waals surface area contributed by atoms with Gasteiger partial charge in [0, 0.05) is 0 Å². The van der Waals surface area contributed by atoms with Crippen molar-refractivity contribution in [3.05, 3.63) is 0 Å². The van der Waals surface area contributed by atoms with E-state index in [1.54, 1.807) is 0 Å². The number of carbonyl (C=O) groups excluding carboxylic acids is 2. The molecule has 1 saturated heterocycles. The number of nitrogens with two attached hydrogens (primary N) is 2. The van der Waals surface area contributed by atoms with Crippen LogP contribution in [0, 0.1) is 0 Å². The van der Waals surface area contributed by atoms with Gasteiger partial charge in [-0.2, -0.15) is 0 Å². The fourth-order valence-corrected chi connectivity index (χ4v) is 0.727. The molecule has 0 aromatic heterocycles. The molecule has 1 fully saturated rings. The Morgan fingerprint density at radius 2 is 1.60 bits per heavy atom. The molecule has 6 heteroatoms. The van der Waals surface area contributed by atoms with Crippen molar-refractivity contribution in [1.29, 1.82) is 0 Å². The molecule has 0 spiro atoms. The fraction of sp³-hybridized carbons (Fsp3) is 0.500. The van der Waals surface area contributed by atoms with Crippen molar-refractivity contribution in [2.75, 3.05) is 0 Å². The first-order chi connectivity index (χ1) is 4.49. The summed E-state index contributed by atoms with van der Waals surface area (Å²) >= 11 is 0. The molecule has 0 unspecified atom stereocenters. The highest BCUT2D eigenvalue weighted by molar-refractivity contribution is 5.99. The van der Waals surface area contributed by atoms with Gasteiger partial charge < -0.3 is 10.6 Å². The summed E-state index contributed by atoms with van der Waals surface area (Å²) < 4.78 is 0. The number of hydrogen-bond donors (Lipinski definition) is 4. The molecule has 56 valence electrons. The number of nitrogens with one attached hydrogen (secondary N) is 2. The average molecular weight is 144 g/mol. The summed E-state index contributed by atoms with van der Waals surface area (Å²) in [5, 5.41) is 4.34. The second-order valence-corrected chi connectivity index (χ2v) is 2.14. The number of amides is 2. The number of carbonyl (C=O) groups is 2. The van der Waals surface area contributed by atoms with Gasteiger partial charge in [-0.25, -0.2) is 0 Å². The highest BCUT2D eigenvalue weighted by Gasteiger charge is 2.30. The van der Waals surface area contributed by atoms with Crippen LogP contribution >= 0.6 is 0 Å². The number of hydrogen-bond acceptors (Lipinski definition) is 4. The van der Waals surface area contributed by atoms with Crippen LogP contribution in [0.2, 0.25) is 0 Å².